The van der Waals surface area contributed by atoms with Crippen molar-refractivity contribution >= 4 is 32.8 Å². The zero-order valence-corrected chi connectivity index (χ0v) is 19.7. The van der Waals surface area contributed by atoms with Gasteiger partial charge < -0.3 is 4.42 Å². The Morgan fingerprint density at radius 2 is 1.24 bits per heavy atom. The number of fused-ring (bicyclic) bond motifs is 5. The Kier molecular flexibility index (Phi) is 4.80. The van der Waals surface area contributed by atoms with Crippen molar-refractivity contribution in [2.45, 2.75) is 0 Å². The Hall–Kier alpha value is -5.27. The van der Waals surface area contributed by atoms with Gasteiger partial charge in [-0.25, -0.2) is 9.97 Å². The molecule has 0 amide bonds. The lowest BCUT2D eigenvalue weighted by molar-refractivity contribution is 0.620. The fourth-order valence-corrected chi connectivity index (χ4v) is 4.91. The van der Waals surface area contributed by atoms with Crippen molar-refractivity contribution in [1.29, 1.82) is 5.26 Å². The van der Waals surface area contributed by atoms with E-state index in [1.165, 1.54) is 0 Å². The lowest BCUT2D eigenvalue weighted by Gasteiger charge is -2.11. The quantitative estimate of drug-likeness (QED) is 0.242. The first-order chi connectivity index (χ1) is 18.3. The number of hydrogen-bond donors (Lipinski definition) is 0. The molecule has 2 heterocycles. The highest BCUT2D eigenvalue weighted by molar-refractivity contribution is 6.20. The van der Waals surface area contributed by atoms with E-state index in [0.717, 1.165) is 60.7 Å². The molecule has 0 fully saturated rings. The van der Waals surface area contributed by atoms with Crippen LogP contribution < -0.4 is 0 Å². The molecule has 2 aromatic heterocycles. The Morgan fingerprint density at radius 1 is 0.568 bits per heavy atom. The standard InChI is InChI=1S/C33H19N3O/c34-20-21-10-12-22(13-11-21)23-14-16-24(17-15-23)31-27-18-19-29-32(30(27)26-8-4-5-9-28(26)35-31)36-33(37-29)25-6-2-1-3-7-25/h1-19H. The molecule has 0 aliphatic carbocycles. The van der Waals surface area contributed by atoms with Crippen molar-refractivity contribution in [2.75, 3.05) is 0 Å². The highest BCUT2D eigenvalue weighted by atomic mass is 16.3. The van der Waals surface area contributed by atoms with Crippen LogP contribution in [0.5, 0.6) is 0 Å². The van der Waals surface area contributed by atoms with Gasteiger partial charge in [0, 0.05) is 27.3 Å². The summed E-state index contributed by atoms with van der Waals surface area (Å²) in [5.74, 6) is 0.609. The largest absolute Gasteiger partial charge is 0.436 e. The van der Waals surface area contributed by atoms with E-state index in [-0.39, 0.29) is 0 Å². The van der Waals surface area contributed by atoms with E-state index >= 15 is 0 Å². The minimum Gasteiger partial charge on any atom is -0.436 e. The molecule has 0 saturated carbocycles. The first-order valence-corrected chi connectivity index (χ1v) is 12.1. The van der Waals surface area contributed by atoms with Crippen LogP contribution in [0.25, 0.3) is 66.6 Å². The monoisotopic (exact) mass is 473 g/mol. The normalized spacial score (nSPS) is 11.2. The maximum absolute atomic E-state index is 9.08. The van der Waals surface area contributed by atoms with Gasteiger partial charge in [-0.05, 0) is 53.6 Å². The van der Waals surface area contributed by atoms with Gasteiger partial charge in [-0.2, -0.15) is 5.26 Å². The topological polar surface area (TPSA) is 62.7 Å². The van der Waals surface area contributed by atoms with Gasteiger partial charge >= 0.3 is 0 Å². The van der Waals surface area contributed by atoms with E-state index in [4.69, 9.17) is 19.6 Å². The lowest BCUT2D eigenvalue weighted by Crippen LogP contribution is -1.91. The zero-order chi connectivity index (χ0) is 24.8. The molecule has 0 aliphatic heterocycles. The Balaban J connectivity index is 1.43. The molecular formula is C33H19N3O. The van der Waals surface area contributed by atoms with Crippen LogP contribution in [-0.4, -0.2) is 9.97 Å². The van der Waals surface area contributed by atoms with Crippen LogP contribution in [0.4, 0.5) is 0 Å². The first kappa shape index (κ1) is 21.0. The second kappa shape index (κ2) is 8.44. The summed E-state index contributed by atoms with van der Waals surface area (Å²) < 4.78 is 6.19. The summed E-state index contributed by atoms with van der Waals surface area (Å²) in [6.45, 7) is 0. The Labute approximate surface area is 213 Å². The number of benzene rings is 5. The zero-order valence-electron chi connectivity index (χ0n) is 19.7. The summed E-state index contributed by atoms with van der Waals surface area (Å²) in [4.78, 5) is 10.0. The van der Waals surface area contributed by atoms with Gasteiger partial charge in [-0.3, -0.25) is 0 Å². The third-order valence-corrected chi connectivity index (χ3v) is 6.75. The van der Waals surface area contributed by atoms with Crippen LogP contribution in [0.1, 0.15) is 5.56 Å². The van der Waals surface area contributed by atoms with Crippen molar-refractivity contribution in [3.8, 4) is 39.9 Å². The van der Waals surface area contributed by atoms with E-state index in [9.17, 15) is 0 Å². The van der Waals surface area contributed by atoms with Crippen molar-refractivity contribution in [1.82, 2.24) is 9.97 Å². The van der Waals surface area contributed by atoms with Gasteiger partial charge in [0.05, 0.1) is 22.8 Å². The minimum absolute atomic E-state index is 0.609. The van der Waals surface area contributed by atoms with Gasteiger partial charge in [-0.1, -0.05) is 72.8 Å². The number of nitrogens with zero attached hydrogens (tertiary/aromatic N) is 3. The van der Waals surface area contributed by atoms with Crippen molar-refractivity contribution in [2.24, 2.45) is 0 Å². The molecule has 7 rings (SSSR count). The predicted molar refractivity (Wildman–Crippen MR) is 148 cm³/mol. The molecule has 0 bridgehead atoms. The number of oxazole rings is 1. The molecule has 0 spiro atoms. The van der Waals surface area contributed by atoms with Crippen LogP contribution in [0.3, 0.4) is 0 Å². The summed E-state index contributed by atoms with van der Waals surface area (Å²) in [6.07, 6.45) is 0. The molecule has 5 aromatic carbocycles. The molecule has 0 aliphatic rings. The van der Waals surface area contributed by atoms with Crippen molar-refractivity contribution in [3.05, 3.63) is 121 Å². The van der Waals surface area contributed by atoms with Crippen molar-refractivity contribution in [3.63, 3.8) is 0 Å². The summed E-state index contributed by atoms with van der Waals surface area (Å²) in [6, 6.07) is 40.4. The Bertz CT molecular complexity index is 1960. The molecule has 0 N–H and O–H groups in total. The lowest BCUT2D eigenvalue weighted by atomic mass is 9.97. The van der Waals surface area contributed by atoms with Crippen molar-refractivity contribution < 1.29 is 4.42 Å². The second-order valence-corrected chi connectivity index (χ2v) is 8.96. The number of pyridine rings is 1. The van der Waals surface area contributed by atoms with E-state index in [1.807, 2.05) is 78.9 Å². The second-order valence-electron chi connectivity index (χ2n) is 8.96. The number of para-hydroxylation sites is 1. The number of aromatic nitrogens is 2. The molecule has 4 nitrogen and oxygen atoms in total. The van der Waals surface area contributed by atoms with E-state index in [1.54, 1.807) is 0 Å². The molecule has 0 saturated heterocycles. The SMILES string of the molecule is N#Cc1ccc(-c2ccc(-c3nc4ccccc4c4c3ccc3oc(-c5ccccc5)nc34)cc2)cc1. The van der Waals surface area contributed by atoms with E-state index in [0.29, 0.717) is 11.5 Å². The van der Waals surface area contributed by atoms with E-state index in [2.05, 4.69) is 42.5 Å². The van der Waals surface area contributed by atoms with E-state index < -0.39 is 0 Å². The van der Waals surface area contributed by atoms with Crippen LogP contribution in [-0.2, 0) is 0 Å². The average Bonchev–Trinajstić information content (AvgIpc) is 3.42. The van der Waals surface area contributed by atoms with Gasteiger partial charge in [-0.15, -0.1) is 0 Å². The number of nitriles is 1. The Morgan fingerprint density at radius 3 is 2.00 bits per heavy atom. The van der Waals surface area contributed by atoms with Crippen LogP contribution in [0.2, 0.25) is 0 Å². The minimum atomic E-state index is 0.609. The highest BCUT2D eigenvalue weighted by Gasteiger charge is 2.17. The maximum atomic E-state index is 9.08. The molecule has 172 valence electrons. The maximum Gasteiger partial charge on any atom is 0.227 e. The first-order valence-electron chi connectivity index (χ1n) is 12.1. The molecule has 0 unspecified atom stereocenters. The van der Waals surface area contributed by atoms with Crippen LogP contribution >= 0.6 is 0 Å². The smallest absolute Gasteiger partial charge is 0.227 e. The molecule has 4 heteroatoms. The van der Waals surface area contributed by atoms with Gasteiger partial charge in [0.1, 0.15) is 5.52 Å². The fraction of sp³-hybridized carbons (Fsp3) is 0. The molecule has 37 heavy (non-hydrogen) atoms. The molecule has 0 atom stereocenters. The highest BCUT2D eigenvalue weighted by Crippen LogP contribution is 2.38. The summed E-state index contributed by atoms with van der Waals surface area (Å²) in [5, 5.41) is 12.2. The molecule has 0 radical (unpaired) electrons. The average molecular weight is 474 g/mol. The fourth-order valence-electron chi connectivity index (χ4n) is 4.91. The van der Waals surface area contributed by atoms with Gasteiger partial charge in [0.25, 0.3) is 0 Å². The summed E-state index contributed by atoms with van der Waals surface area (Å²) in [7, 11) is 0. The van der Waals surface area contributed by atoms with Gasteiger partial charge in [0.15, 0.2) is 5.58 Å². The summed E-state index contributed by atoms with van der Waals surface area (Å²) >= 11 is 0. The molecule has 7 aromatic rings. The molecular weight excluding hydrogens is 454 g/mol. The third kappa shape index (κ3) is 3.53. The number of hydrogen-bond acceptors (Lipinski definition) is 4. The van der Waals surface area contributed by atoms with Crippen LogP contribution in [0, 0.1) is 11.3 Å². The van der Waals surface area contributed by atoms with Crippen LogP contribution in [0.15, 0.2) is 120 Å². The third-order valence-electron chi connectivity index (χ3n) is 6.75. The number of rotatable bonds is 3. The summed E-state index contributed by atoms with van der Waals surface area (Å²) in [5.41, 5.74) is 8.20. The predicted octanol–water partition coefficient (Wildman–Crippen LogP) is 8.40. The van der Waals surface area contributed by atoms with Gasteiger partial charge in [0.2, 0.25) is 5.89 Å².